The largest absolute Gasteiger partial charge is 0.325 e. The van der Waals surface area contributed by atoms with Crippen molar-refractivity contribution in [3.8, 4) is 0 Å². The molecule has 2 aliphatic heterocycles. The van der Waals surface area contributed by atoms with Gasteiger partial charge in [0.25, 0.3) is 0 Å². The smallest absolute Gasteiger partial charge is 0.111 e. The summed E-state index contributed by atoms with van der Waals surface area (Å²) in [7, 11) is 0. The van der Waals surface area contributed by atoms with Gasteiger partial charge in [0.15, 0.2) is 0 Å². The van der Waals surface area contributed by atoms with Crippen LogP contribution in [0.3, 0.4) is 0 Å². The van der Waals surface area contributed by atoms with E-state index in [2.05, 4.69) is 173 Å². The van der Waals surface area contributed by atoms with Crippen molar-refractivity contribution in [3.05, 3.63) is 143 Å². The number of hydrogen-bond donors (Lipinski definition) is 2. The van der Waals surface area contributed by atoms with Gasteiger partial charge in [0, 0.05) is 95.4 Å². The molecule has 0 aliphatic carbocycles. The number of likely N-dealkylation sites (tertiary alicyclic amines) is 2. The molecule has 0 bridgehead atoms. The molecule has 9 rings (SSSR count). The summed E-state index contributed by atoms with van der Waals surface area (Å²) in [6.07, 6.45) is 10.9. The van der Waals surface area contributed by atoms with Crippen LogP contribution in [0.2, 0.25) is 0 Å². The minimum atomic E-state index is -0.0490. The van der Waals surface area contributed by atoms with Crippen molar-refractivity contribution in [2.45, 2.75) is 84.8 Å². The van der Waals surface area contributed by atoms with Crippen molar-refractivity contribution < 1.29 is 0 Å². The van der Waals surface area contributed by atoms with Crippen LogP contribution in [-0.2, 0) is 19.4 Å². The Kier molecular flexibility index (Phi) is 13.5. The molecule has 0 spiro atoms. The van der Waals surface area contributed by atoms with Crippen LogP contribution in [-0.4, -0.2) is 92.8 Å². The number of nitrogens with one attached hydrogen (secondary N) is 2. The van der Waals surface area contributed by atoms with E-state index in [0.717, 1.165) is 121 Å². The third-order valence-corrected chi connectivity index (χ3v) is 13.9. The molecule has 9 nitrogen and oxygen atoms in total. The number of imidazole rings is 2. The quantitative estimate of drug-likeness (QED) is 0.0885. The minimum Gasteiger partial charge on any atom is -0.325 e. The number of para-hydroxylation sites is 5. The van der Waals surface area contributed by atoms with Gasteiger partial charge in [-0.05, 0) is 103 Å². The highest BCUT2D eigenvalue weighted by atomic mass is 15.2. The maximum absolute atomic E-state index is 5.25. The molecule has 4 aromatic carbocycles. The van der Waals surface area contributed by atoms with Gasteiger partial charge in [-0.3, -0.25) is 14.8 Å². The Balaban J connectivity index is 0.846. The van der Waals surface area contributed by atoms with Gasteiger partial charge in [0.05, 0.1) is 27.6 Å². The van der Waals surface area contributed by atoms with Gasteiger partial charge in [-0.25, -0.2) is 9.97 Å². The number of benzene rings is 4. The van der Waals surface area contributed by atoms with Gasteiger partial charge in [-0.2, -0.15) is 0 Å². The van der Waals surface area contributed by atoms with E-state index in [1.165, 1.54) is 50.3 Å². The van der Waals surface area contributed by atoms with E-state index in [1.54, 1.807) is 0 Å². The molecule has 328 valence electrons. The maximum atomic E-state index is 5.25. The Hall–Kier alpha value is -5.19. The first-order valence-electron chi connectivity index (χ1n) is 23.7. The average molecular weight is 842 g/mol. The molecule has 2 aliphatic rings. The molecular weight excluding hydrogens is 775 g/mol. The van der Waals surface area contributed by atoms with E-state index in [4.69, 9.17) is 15.0 Å². The van der Waals surface area contributed by atoms with Crippen LogP contribution < -0.4 is 10.6 Å². The number of piperidine rings is 2. The Morgan fingerprint density at radius 1 is 0.683 bits per heavy atom. The summed E-state index contributed by atoms with van der Waals surface area (Å²) >= 11 is 0. The molecule has 3 aromatic heterocycles. The summed E-state index contributed by atoms with van der Waals surface area (Å²) in [6, 6.07) is 37.9. The first kappa shape index (κ1) is 43.1. The van der Waals surface area contributed by atoms with Gasteiger partial charge >= 0.3 is 0 Å². The lowest BCUT2D eigenvalue weighted by Gasteiger charge is -2.37. The van der Waals surface area contributed by atoms with E-state index in [1.807, 2.05) is 0 Å². The number of pyridine rings is 1. The number of likely N-dealkylation sites (N-methyl/N-ethyl adjacent to an activating group) is 1. The fraction of sp³-hybridized carbons (Fsp3) is 0.426. The summed E-state index contributed by atoms with van der Waals surface area (Å²) in [5.74, 6) is 2.42. The predicted octanol–water partition coefficient (Wildman–Crippen LogP) is 9.81. The Morgan fingerprint density at radius 3 is 1.87 bits per heavy atom. The summed E-state index contributed by atoms with van der Waals surface area (Å²) in [5.41, 5.74) is 11.2. The van der Waals surface area contributed by atoms with E-state index in [-0.39, 0.29) is 5.41 Å². The second-order valence-corrected chi connectivity index (χ2v) is 18.8. The predicted molar refractivity (Wildman–Crippen MR) is 261 cm³/mol. The summed E-state index contributed by atoms with van der Waals surface area (Å²) in [4.78, 5) is 20.4. The molecular formula is C54H67N9. The van der Waals surface area contributed by atoms with Crippen molar-refractivity contribution in [1.82, 2.24) is 44.5 Å². The molecule has 2 saturated heterocycles. The lowest BCUT2D eigenvalue weighted by atomic mass is 9.81. The zero-order chi connectivity index (χ0) is 43.2. The van der Waals surface area contributed by atoms with Gasteiger partial charge < -0.3 is 19.8 Å². The van der Waals surface area contributed by atoms with E-state index in [9.17, 15) is 0 Å². The highest BCUT2D eigenvalue weighted by Gasteiger charge is 2.30. The van der Waals surface area contributed by atoms with Crippen molar-refractivity contribution in [2.24, 2.45) is 5.41 Å². The summed E-state index contributed by atoms with van der Waals surface area (Å²) in [5, 5.41) is 8.68. The van der Waals surface area contributed by atoms with Crippen molar-refractivity contribution in [1.29, 1.82) is 0 Å². The standard InChI is InChI=1S/C54H67N9/c1-5-55-28-22-52-58-48-18-10-12-20-50(48)62(52)46-26-32-61(33-27-46)38-44(35-42-15-7-6-14-40(42)2)54(3,4)39-56-29-23-53-59-49-19-11-13-21-51(49)63(53)45-24-30-60(31-25-45)37-41-34-43-16-8-9-17-47(43)57-36-41/h6-21,34-36,45-46,55-56H,5,22-33,37-39H2,1-4H3/b44-35-. The van der Waals surface area contributed by atoms with Crippen LogP contribution in [0.4, 0.5) is 0 Å². The van der Waals surface area contributed by atoms with E-state index >= 15 is 0 Å². The van der Waals surface area contributed by atoms with Crippen molar-refractivity contribution in [3.63, 3.8) is 0 Å². The number of rotatable bonds is 17. The molecule has 2 N–H and O–H groups in total. The normalized spacial score (nSPS) is 16.5. The van der Waals surface area contributed by atoms with E-state index < -0.39 is 0 Å². The fourth-order valence-corrected chi connectivity index (χ4v) is 10.2. The van der Waals surface area contributed by atoms with Crippen molar-refractivity contribution >= 4 is 39.0 Å². The number of aromatic nitrogens is 5. The highest BCUT2D eigenvalue weighted by molar-refractivity contribution is 5.79. The second-order valence-electron chi connectivity index (χ2n) is 18.8. The highest BCUT2D eigenvalue weighted by Crippen LogP contribution is 2.34. The van der Waals surface area contributed by atoms with Crippen LogP contribution >= 0.6 is 0 Å². The number of hydrogen-bond acceptors (Lipinski definition) is 7. The maximum Gasteiger partial charge on any atom is 0.111 e. The number of nitrogens with zero attached hydrogens (tertiary/aromatic N) is 7. The Bertz CT molecular complexity index is 2640. The molecule has 0 amide bonds. The summed E-state index contributed by atoms with van der Waals surface area (Å²) in [6.45, 7) is 19.2. The van der Waals surface area contributed by atoms with Crippen LogP contribution in [0.15, 0.2) is 115 Å². The Labute approximate surface area is 374 Å². The van der Waals surface area contributed by atoms with Crippen LogP contribution in [0.5, 0.6) is 0 Å². The monoisotopic (exact) mass is 842 g/mol. The second kappa shape index (κ2) is 19.7. The molecule has 0 saturated carbocycles. The van der Waals surface area contributed by atoms with Crippen LogP contribution in [0.25, 0.3) is 39.0 Å². The van der Waals surface area contributed by atoms with Gasteiger partial charge in [0.2, 0.25) is 0 Å². The van der Waals surface area contributed by atoms with Gasteiger partial charge in [0.1, 0.15) is 11.6 Å². The fourth-order valence-electron chi connectivity index (χ4n) is 10.2. The zero-order valence-electron chi connectivity index (χ0n) is 38.1. The van der Waals surface area contributed by atoms with Crippen LogP contribution in [0, 0.1) is 12.3 Å². The molecule has 2 fully saturated rings. The molecule has 5 heterocycles. The van der Waals surface area contributed by atoms with Gasteiger partial charge in [-0.15, -0.1) is 0 Å². The average Bonchev–Trinajstić information content (AvgIpc) is 3.87. The minimum absolute atomic E-state index is 0.0490. The molecule has 63 heavy (non-hydrogen) atoms. The molecule has 0 unspecified atom stereocenters. The van der Waals surface area contributed by atoms with Gasteiger partial charge in [-0.1, -0.05) is 93.6 Å². The van der Waals surface area contributed by atoms with E-state index in [0.29, 0.717) is 12.1 Å². The SMILES string of the molecule is CCNCCc1nc2ccccc2n1C1CCN(C/C(=C/c2ccccc2C)C(C)(C)CNCCc2nc3ccccc3n2C2CCN(Cc3cnc4ccccc4c3)CC2)CC1. The zero-order valence-corrected chi connectivity index (χ0v) is 38.1. The molecule has 0 atom stereocenters. The third kappa shape index (κ3) is 9.97. The van der Waals surface area contributed by atoms with Crippen LogP contribution in [0.1, 0.15) is 86.9 Å². The summed E-state index contributed by atoms with van der Waals surface area (Å²) < 4.78 is 5.16. The molecule has 0 radical (unpaired) electrons. The first-order valence-corrected chi connectivity index (χ1v) is 23.7. The topological polar surface area (TPSA) is 79.1 Å². The molecule has 9 heteroatoms. The lowest BCUT2D eigenvalue weighted by Crippen LogP contribution is -2.40. The third-order valence-electron chi connectivity index (χ3n) is 13.9. The Morgan fingerprint density at radius 2 is 1.24 bits per heavy atom. The lowest BCUT2D eigenvalue weighted by molar-refractivity contribution is 0.179. The first-order chi connectivity index (χ1) is 30.8. The number of aryl methyl sites for hydroxylation is 1. The van der Waals surface area contributed by atoms with Crippen molar-refractivity contribution in [2.75, 3.05) is 58.9 Å². The number of fused-ring (bicyclic) bond motifs is 3. The molecule has 7 aromatic rings.